The van der Waals surface area contributed by atoms with Crippen LogP contribution in [0.2, 0.25) is 0 Å². The highest BCUT2D eigenvalue weighted by atomic mass is 32.2. The Hall–Kier alpha value is -2.65. The highest BCUT2D eigenvalue weighted by Crippen LogP contribution is 2.21. The van der Waals surface area contributed by atoms with Crippen LogP contribution in [0.1, 0.15) is 17.5 Å². The summed E-state index contributed by atoms with van der Waals surface area (Å²) in [6, 6.07) is 9.59. The monoisotopic (exact) mass is 416 g/mol. The molecule has 0 atom stereocenters. The van der Waals surface area contributed by atoms with Crippen molar-refractivity contribution in [1.29, 1.82) is 0 Å². The van der Waals surface area contributed by atoms with E-state index >= 15 is 0 Å². The Bertz CT molecular complexity index is 1060. The molecular formula is C19H18N3O4S2-. The molecule has 0 aliphatic carbocycles. The number of thioether (sulfide) groups is 1. The van der Waals surface area contributed by atoms with Crippen LogP contribution in [0, 0.1) is 6.92 Å². The van der Waals surface area contributed by atoms with Gasteiger partial charge in [-0.1, -0.05) is 41.6 Å². The second kappa shape index (κ2) is 9.03. The zero-order valence-electron chi connectivity index (χ0n) is 15.1. The van der Waals surface area contributed by atoms with Crippen LogP contribution in [0.25, 0.3) is 10.2 Å². The summed E-state index contributed by atoms with van der Waals surface area (Å²) in [5.41, 5.74) is 2.38. The van der Waals surface area contributed by atoms with E-state index in [2.05, 4.69) is 10.3 Å². The Kier molecular flexibility index (Phi) is 6.48. The van der Waals surface area contributed by atoms with Crippen molar-refractivity contribution in [2.45, 2.75) is 31.6 Å². The third kappa shape index (κ3) is 4.99. The minimum atomic E-state index is -1.25. The van der Waals surface area contributed by atoms with E-state index < -0.39 is 5.97 Å². The van der Waals surface area contributed by atoms with Crippen molar-refractivity contribution in [3.8, 4) is 0 Å². The van der Waals surface area contributed by atoms with Gasteiger partial charge in [0.1, 0.15) is 4.70 Å². The number of carboxylic acids is 1. The van der Waals surface area contributed by atoms with E-state index in [1.54, 1.807) is 11.4 Å². The summed E-state index contributed by atoms with van der Waals surface area (Å²) in [7, 11) is 0. The van der Waals surface area contributed by atoms with Crippen LogP contribution in [0.5, 0.6) is 0 Å². The summed E-state index contributed by atoms with van der Waals surface area (Å²) in [5, 5.41) is 15.7. The molecule has 0 aliphatic rings. The highest BCUT2D eigenvalue weighted by molar-refractivity contribution is 7.99. The second-order valence-electron chi connectivity index (χ2n) is 6.16. The zero-order valence-corrected chi connectivity index (χ0v) is 16.8. The summed E-state index contributed by atoms with van der Waals surface area (Å²) in [5.74, 6) is -1.37. The number of hydrogen-bond acceptors (Lipinski definition) is 7. The van der Waals surface area contributed by atoms with E-state index in [4.69, 9.17) is 0 Å². The molecule has 0 aliphatic heterocycles. The maximum absolute atomic E-state index is 12.6. The molecule has 0 radical (unpaired) electrons. The summed E-state index contributed by atoms with van der Waals surface area (Å²) < 4.78 is 1.76. The van der Waals surface area contributed by atoms with Crippen LogP contribution in [-0.2, 0) is 22.7 Å². The summed E-state index contributed by atoms with van der Waals surface area (Å²) in [6.45, 7) is 2.36. The fraction of sp³-hybridized carbons (Fsp3) is 0.263. The smallest absolute Gasteiger partial charge is 0.272 e. The lowest BCUT2D eigenvalue weighted by molar-refractivity contribution is -0.306. The molecule has 2 heterocycles. The average Bonchev–Trinajstić information content (AvgIpc) is 3.14. The first-order valence-electron chi connectivity index (χ1n) is 8.57. The van der Waals surface area contributed by atoms with Gasteiger partial charge < -0.3 is 15.2 Å². The Morgan fingerprint density at radius 3 is 2.71 bits per heavy atom. The maximum Gasteiger partial charge on any atom is 0.272 e. The minimum Gasteiger partial charge on any atom is -0.550 e. The van der Waals surface area contributed by atoms with E-state index in [0.717, 1.165) is 22.9 Å². The normalized spacial score (nSPS) is 10.9. The standard InChI is InChI=1S/C19H19N3O4S2/c1-12-2-4-13(5-3-12)10-20-15(23)11-28-19-21-14-7-9-27-17(14)18(26)22(19)8-6-16(24)25/h2-5,7,9H,6,8,10-11H2,1H3,(H,20,23)(H,24,25)/p-1. The Balaban J connectivity index is 1.69. The molecule has 7 nitrogen and oxygen atoms in total. The lowest BCUT2D eigenvalue weighted by atomic mass is 10.1. The quantitative estimate of drug-likeness (QED) is 0.439. The van der Waals surface area contributed by atoms with Gasteiger partial charge >= 0.3 is 0 Å². The van der Waals surface area contributed by atoms with Crippen LogP contribution in [0.15, 0.2) is 45.7 Å². The van der Waals surface area contributed by atoms with Crippen LogP contribution >= 0.6 is 23.1 Å². The Morgan fingerprint density at radius 2 is 2.00 bits per heavy atom. The predicted octanol–water partition coefficient (Wildman–Crippen LogP) is 1.31. The lowest BCUT2D eigenvalue weighted by Crippen LogP contribution is -2.29. The molecule has 0 bridgehead atoms. The van der Waals surface area contributed by atoms with Crippen molar-refractivity contribution < 1.29 is 14.7 Å². The van der Waals surface area contributed by atoms with Crippen molar-refractivity contribution in [1.82, 2.24) is 14.9 Å². The first-order chi connectivity index (χ1) is 13.4. The molecular weight excluding hydrogens is 398 g/mol. The van der Waals surface area contributed by atoms with Crippen molar-refractivity contribution in [2.75, 3.05) is 5.75 Å². The Morgan fingerprint density at radius 1 is 1.25 bits per heavy atom. The molecule has 0 unspecified atom stereocenters. The number of nitrogens with one attached hydrogen (secondary N) is 1. The molecule has 3 rings (SSSR count). The van der Waals surface area contributed by atoms with E-state index in [-0.39, 0.29) is 30.2 Å². The van der Waals surface area contributed by atoms with Gasteiger partial charge in [0.15, 0.2) is 5.16 Å². The van der Waals surface area contributed by atoms with Crippen molar-refractivity contribution >= 4 is 45.2 Å². The molecule has 1 amide bonds. The number of rotatable bonds is 8. The molecule has 0 spiro atoms. The first-order valence-corrected chi connectivity index (χ1v) is 10.4. The molecule has 1 aromatic carbocycles. The lowest BCUT2D eigenvalue weighted by Gasteiger charge is -2.12. The maximum atomic E-state index is 12.6. The highest BCUT2D eigenvalue weighted by Gasteiger charge is 2.14. The van der Waals surface area contributed by atoms with Crippen LogP contribution in [0.4, 0.5) is 0 Å². The van der Waals surface area contributed by atoms with E-state index in [1.807, 2.05) is 31.2 Å². The molecule has 0 fully saturated rings. The molecule has 0 saturated carbocycles. The third-order valence-corrected chi connectivity index (χ3v) is 5.88. The summed E-state index contributed by atoms with van der Waals surface area (Å²) in [6.07, 6.45) is -0.300. The van der Waals surface area contributed by atoms with E-state index in [9.17, 15) is 19.5 Å². The van der Waals surface area contributed by atoms with Crippen molar-refractivity contribution in [2.24, 2.45) is 0 Å². The second-order valence-corrected chi connectivity index (χ2v) is 8.02. The number of carboxylic acid groups (broad SMARTS) is 1. The number of thiophene rings is 1. The average molecular weight is 417 g/mol. The molecule has 0 saturated heterocycles. The minimum absolute atomic E-state index is 0.0463. The Labute approximate surface area is 169 Å². The number of nitrogens with zero attached hydrogens (tertiary/aromatic N) is 2. The van der Waals surface area contributed by atoms with E-state index in [0.29, 0.717) is 21.9 Å². The number of amides is 1. The molecule has 28 heavy (non-hydrogen) atoms. The van der Waals surface area contributed by atoms with Crippen molar-refractivity contribution in [3.05, 3.63) is 57.2 Å². The number of aromatic nitrogens is 2. The van der Waals surface area contributed by atoms with Gasteiger partial charge in [0, 0.05) is 25.5 Å². The number of fused-ring (bicyclic) bond motifs is 1. The zero-order chi connectivity index (χ0) is 20.1. The van der Waals surface area contributed by atoms with Gasteiger partial charge in [-0.15, -0.1) is 11.3 Å². The third-order valence-electron chi connectivity index (χ3n) is 4.01. The fourth-order valence-corrected chi connectivity index (χ4v) is 4.16. The topological polar surface area (TPSA) is 104 Å². The number of aryl methyl sites for hydroxylation is 1. The van der Waals surface area contributed by atoms with Gasteiger partial charge in [-0.25, -0.2) is 4.98 Å². The number of benzene rings is 1. The SMILES string of the molecule is Cc1ccc(CNC(=O)CSc2nc3ccsc3c(=O)n2CCC(=O)[O-])cc1. The number of carbonyl (C=O) groups is 2. The summed E-state index contributed by atoms with van der Waals surface area (Å²) >= 11 is 2.36. The number of carbonyl (C=O) groups excluding carboxylic acids is 2. The van der Waals surface area contributed by atoms with E-state index in [1.165, 1.54) is 15.9 Å². The van der Waals surface area contributed by atoms with Gasteiger partial charge in [-0.05, 0) is 23.9 Å². The van der Waals surface area contributed by atoms with Crippen LogP contribution < -0.4 is 16.0 Å². The first kappa shape index (κ1) is 20.1. The molecule has 1 N–H and O–H groups in total. The van der Waals surface area contributed by atoms with Crippen molar-refractivity contribution in [3.63, 3.8) is 0 Å². The van der Waals surface area contributed by atoms with Gasteiger partial charge in [-0.2, -0.15) is 0 Å². The largest absolute Gasteiger partial charge is 0.550 e. The number of aliphatic carboxylic acids is 1. The summed E-state index contributed by atoms with van der Waals surface area (Å²) in [4.78, 5) is 40.0. The fourth-order valence-electron chi connectivity index (χ4n) is 2.52. The predicted molar refractivity (Wildman–Crippen MR) is 107 cm³/mol. The number of hydrogen-bond donors (Lipinski definition) is 1. The van der Waals surface area contributed by atoms with Gasteiger partial charge in [-0.3, -0.25) is 14.2 Å². The molecule has 146 valence electrons. The van der Waals surface area contributed by atoms with Crippen LogP contribution in [-0.4, -0.2) is 27.2 Å². The van der Waals surface area contributed by atoms with Gasteiger partial charge in [0.2, 0.25) is 5.91 Å². The molecule has 3 aromatic rings. The van der Waals surface area contributed by atoms with Gasteiger partial charge in [0.25, 0.3) is 5.56 Å². The molecule has 2 aromatic heterocycles. The molecule has 9 heteroatoms. The van der Waals surface area contributed by atoms with Gasteiger partial charge in [0.05, 0.1) is 11.3 Å². The van der Waals surface area contributed by atoms with Crippen LogP contribution in [0.3, 0.4) is 0 Å².